The van der Waals surface area contributed by atoms with Crippen LogP contribution in [0.15, 0.2) is 18.2 Å². The highest BCUT2D eigenvalue weighted by Crippen LogP contribution is 2.35. The zero-order valence-corrected chi connectivity index (χ0v) is 12.7. The van der Waals surface area contributed by atoms with Gasteiger partial charge in [-0.15, -0.1) is 0 Å². The number of nitrogens with zero attached hydrogens (tertiary/aromatic N) is 1. The van der Waals surface area contributed by atoms with Crippen molar-refractivity contribution in [2.45, 2.75) is 45.3 Å². The van der Waals surface area contributed by atoms with E-state index in [1.807, 2.05) is 20.8 Å². The van der Waals surface area contributed by atoms with Crippen molar-refractivity contribution in [2.24, 2.45) is 0 Å². The number of benzene rings is 1. The van der Waals surface area contributed by atoms with Crippen molar-refractivity contribution in [3.05, 3.63) is 34.6 Å². The van der Waals surface area contributed by atoms with Crippen LogP contribution in [0.1, 0.15) is 45.2 Å². The predicted molar refractivity (Wildman–Crippen MR) is 76.3 cm³/mol. The highest BCUT2D eigenvalue weighted by molar-refractivity contribution is 6.30. The number of ether oxygens (including phenoxy) is 1. The summed E-state index contributed by atoms with van der Waals surface area (Å²) in [5.41, 5.74) is -0.0549. The Morgan fingerprint density at radius 3 is 2.75 bits per heavy atom. The van der Waals surface area contributed by atoms with Gasteiger partial charge < -0.3 is 9.64 Å². The summed E-state index contributed by atoms with van der Waals surface area (Å²) in [7, 11) is 0. The molecule has 0 aromatic heterocycles. The molecule has 1 aromatic carbocycles. The molecule has 5 heteroatoms. The first-order valence-corrected chi connectivity index (χ1v) is 7.10. The maximum Gasteiger partial charge on any atom is 0.410 e. The second kappa shape index (κ2) is 5.60. The van der Waals surface area contributed by atoms with E-state index in [0.717, 1.165) is 12.8 Å². The molecule has 1 heterocycles. The Kier molecular flexibility index (Phi) is 4.23. The molecule has 1 saturated heterocycles. The van der Waals surface area contributed by atoms with E-state index in [-0.39, 0.29) is 11.9 Å². The third-order valence-corrected chi connectivity index (χ3v) is 3.44. The standard InChI is InChI=1S/C15H19ClFNO2/c1-15(2,3)20-14(19)18-8-4-5-13(18)11-7-6-10(16)9-12(11)17/h6-7,9,13H,4-5,8H2,1-3H3. The van der Waals surface area contributed by atoms with E-state index in [2.05, 4.69) is 0 Å². The Morgan fingerprint density at radius 2 is 2.15 bits per heavy atom. The van der Waals surface area contributed by atoms with Crippen molar-refractivity contribution in [3.8, 4) is 0 Å². The Hall–Kier alpha value is -1.29. The zero-order chi connectivity index (χ0) is 14.9. The topological polar surface area (TPSA) is 29.5 Å². The number of likely N-dealkylation sites (tertiary alicyclic amines) is 1. The number of rotatable bonds is 1. The van der Waals surface area contributed by atoms with Crippen molar-refractivity contribution in [1.82, 2.24) is 4.90 Å². The van der Waals surface area contributed by atoms with Crippen LogP contribution in [-0.2, 0) is 4.74 Å². The highest BCUT2D eigenvalue weighted by Gasteiger charge is 2.34. The van der Waals surface area contributed by atoms with Crippen LogP contribution in [0.2, 0.25) is 5.02 Å². The Balaban J connectivity index is 2.21. The molecule has 1 aliphatic rings. The molecule has 0 aliphatic carbocycles. The number of halogens is 2. The Labute approximate surface area is 123 Å². The molecule has 1 fully saturated rings. The van der Waals surface area contributed by atoms with Gasteiger partial charge in [0, 0.05) is 17.1 Å². The number of carbonyl (C=O) groups excluding carboxylic acids is 1. The second-order valence-corrected chi connectivity index (χ2v) is 6.43. The molecule has 20 heavy (non-hydrogen) atoms. The van der Waals surface area contributed by atoms with Crippen molar-refractivity contribution in [3.63, 3.8) is 0 Å². The normalized spacial score (nSPS) is 19.2. The molecule has 2 rings (SSSR count). The maximum absolute atomic E-state index is 14.0. The molecule has 0 N–H and O–H groups in total. The third kappa shape index (κ3) is 3.42. The molecule has 0 spiro atoms. The van der Waals surface area contributed by atoms with Crippen LogP contribution in [0.25, 0.3) is 0 Å². The third-order valence-electron chi connectivity index (χ3n) is 3.20. The maximum atomic E-state index is 14.0. The predicted octanol–water partition coefficient (Wildman–Crippen LogP) is 4.55. The Morgan fingerprint density at radius 1 is 1.45 bits per heavy atom. The number of carbonyl (C=O) groups is 1. The minimum atomic E-state index is -0.553. The largest absolute Gasteiger partial charge is 0.444 e. The first-order chi connectivity index (χ1) is 9.28. The molecule has 0 bridgehead atoms. The first-order valence-electron chi connectivity index (χ1n) is 6.72. The molecular formula is C15H19ClFNO2. The van der Waals surface area contributed by atoms with Gasteiger partial charge in [-0.2, -0.15) is 0 Å². The molecule has 1 unspecified atom stereocenters. The lowest BCUT2D eigenvalue weighted by Gasteiger charge is -2.29. The van der Waals surface area contributed by atoms with E-state index in [4.69, 9.17) is 16.3 Å². The highest BCUT2D eigenvalue weighted by atomic mass is 35.5. The molecule has 1 atom stereocenters. The molecule has 0 saturated carbocycles. The quantitative estimate of drug-likeness (QED) is 0.761. The monoisotopic (exact) mass is 299 g/mol. The average Bonchev–Trinajstić information content (AvgIpc) is 2.75. The van der Waals surface area contributed by atoms with Crippen LogP contribution < -0.4 is 0 Å². The van der Waals surface area contributed by atoms with Gasteiger partial charge >= 0.3 is 6.09 Å². The molecule has 0 radical (unpaired) electrons. The average molecular weight is 300 g/mol. The molecule has 3 nitrogen and oxygen atoms in total. The lowest BCUT2D eigenvalue weighted by Crippen LogP contribution is -2.36. The summed E-state index contributed by atoms with van der Waals surface area (Å²) in [4.78, 5) is 13.8. The fourth-order valence-corrected chi connectivity index (χ4v) is 2.56. The number of amides is 1. The van der Waals surface area contributed by atoms with E-state index < -0.39 is 11.7 Å². The van der Waals surface area contributed by atoms with Gasteiger partial charge in [0.2, 0.25) is 0 Å². The van der Waals surface area contributed by atoms with E-state index >= 15 is 0 Å². The van der Waals surface area contributed by atoms with Gasteiger partial charge in [-0.3, -0.25) is 0 Å². The van der Waals surface area contributed by atoms with Crippen LogP contribution in [0.4, 0.5) is 9.18 Å². The fraction of sp³-hybridized carbons (Fsp3) is 0.533. The minimum absolute atomic E-state index is 0.276. The zero-order valence-electron chi connectivity index (χ0n) is 12.0. The summed E-state index contributed by atoms with van der Waals surface area (Å²) in [5.74, 6) is -0.377. The van der Waals surface area contributed by atoms with Crippen molar-refractivity contribution >= 4 is 17.7 Å². The first kappa shape index (κ1) is 15.1. The van der Waals surface area contributed by atoms with Crippen LogP contribution in [-0.4, -0.2) is 23.1 Å². The van der Waals surface area contributed by atoms with E-state index in [0.29, 0.717) is 17.1 Å². The lowest BCUT2D eigenvalue weighted by molar-refractivity contribution is 0.0222. The van der Waals surface area contributed by atoms with E-state index in [9.17, 15) is 9.18 Å². The second-order valence-electron chi connectivity index (χ2n) is 6.00. The van der Waals surface area contributed by atoms with Gasteiger partial charge in [0.15, 0.2) is 0 Å². The molecular weight excluding hydrogens is 281 g/mol. The van der Waals surface area contributed by atoms with Crippen LogP contribution >= 0.6 is 11.6 Å². The summed E-state index contributed by atoms with van der Waals surface area (Å²) in [6.07, 6.45) is 1.18. The molecule has 1 aliphatic heterocycles. The van der Waals surface area contributed by atoms with Crippen molar-refractivity contribution < 1.29 is 13.9 Å². The van der Waals surface area contributed by atoms with Crippen LogP contribution in [0, 0.1) is 5.82 Å². The van der Waals surface area contributed by atoms with E-state index in [1.165, 1.54) is 6.07 Å². The molecule has 1 aromatic rings. The molecule has 1 amide bonds. The summed E-state index contributed by atoms with van der Waals surface area (Å²) in [6.45, 7) is 6.04. The van der Waals surface area contributed by atoms with Gasteiger partial charge in [0.05, 0.1) is 6.04 Å². The summed E-state index contributed by atoms with van der Waals surface area (Å²) >= 11 is 5.76. The van der Waals surface area contributed by atoms with E-state index in [1.54, 1.807) is 17.0 Å². The van der Waals surface area contributed by atoms with Gasteiger partial charge in [-0.25, -0.2) is 9.18 Å². The van der Waals surface area contributed by atoms with Gasteiger partial charge in [-0.05, 0) is 45.7 Å². The fourth-order valence-electron chi connectivity index (χ4n) is 2.40. The van der Waals surface area contributed by atoms with Gasteiger partial charge in [-0.1, -0.05) is 17.7 Å². The number of hydrogen-bond acceptors (Lipinski definition) is 2. The Bertz CT molecular complexity index is 513. The van der Waals surface area contributed by atoms with Gasteiger partial charge in [0.25, 0.3) is 0 Å². The molecule has 110 valence electrons. The van der Waals surface area contributed by atoms with Gasteiger partial charge in [0.1, 0.15) is 11.4 Å². The van der Waals surface area contributed by atoms with Crippen LogP contribution in [0.5, 0.6) is 0 Å². The number of hydrogen-bond donors (Lipinski definition) is 0. The van der Waals surface area contributed by atoms with Crippen molar-refractivity contribution in [1.29, 1.82) is 0 Å². The lowest BCUT2D eigenvalue weighted by atomic mass is 10.0. The summed E-state index contributed by atoms with van der Waals surface area (Å²) in [6, 6.07) is 4.29. The smallest absolute Gasteiger partial charge is 0.410 e. The van der Waals surface area contributed by atoms with Crippen LogP contribution in [0.3, 0.4) is 0 Å². The minimum Gasteiger partial charge on any atom is -0.444 e. The SMILES string of the molecule is CC(C)(C)OC(=O)N1CCCC1c1ccc(Cl)cc1F. The summed E-state index contributed by atoms with van der Waals surface area (Å²) in [5, 5.41) is 0.355. The summed E-state index contributed by atoms with van der Waals surface area (Å²) < 4.78 is 19.4. The van der Waals surface area contributed by atoms with Crippen molar-refractivity contribution in [2.75, 3.05) is 6.54 Å².